The number of unbranched alkanes of at least 4 members (excludes halogenated alkanes) is 3. The first-order valence-electron chi connectivity index (χ1n) is 22.9. The van der Waals surface area contributed by atoms with E-state index in [1.54, 1.807) is 43.3 Å². The standard InChI is InChI=1S/C49H63N11O8/c1-5-6-7-8-23-66-35-13-10-33(11-14-35)44-55-29-38(30(2)56-44)46(62)58-39(17-18-50)49(65)60(4)43-34-12-16-42(68-25-21-53)37(28-34)36-26-32(9-15-41(36)67-24-20-52)27-40(47(63)54-22-19-51)59-45(61)31(3)57-48(43)64/h9-16,26,28-29,31,39-40,43H,5-8,17-18,20-25,27,50,52-53H2,1-4H3,(H,54,63)(H,57,64)(H,58,62)(H,59,61). The van der Waals surface area contributed by atoms with Gasteiger partial charge in [0.25, 0.3) is 5.91 Å². The summed E-state index contributed by atoms with van der Waals surface area (Å²) >= 11 is 0. The number of hydrogen-bond acceptors (Lipinski definition) is 14. The lowest BCUT2D eigenvalue weighted by Gasteiger charge is -2.32. The molecule has 0 aliphatic carbocycles. The summed E-state index contributed by atoms with van der Waals surface area (Å²) in [5, 5.41) is 19.9. The number of carbonyl (C=O) groups is 5. The van der Waals surface area contributed by atoms with E-state index < -0.39 is 53.7 Å². The number of amides is 5. The van der Waals surface area contributed by atoms with Crippen molar-refractivity contribution in [2.24, 2.45) is 17.2 Å². The Kier molecular flexibility index (Phi) is 19.6. The molecular formula is C49H63N11O8. The first kappa shape index (κ1) is 51.8. The van der Waals surface area contributed by atoms with Gasteiger partial charge in [-0.3, -0.25) is 24.0 Å². The molecule has 4 atom stereocenters. The van der Waals surface area contributed by atoms with Crippen molar-refractivity contribution in [1.82, 2.24) is 36.1 Å². The summed E-state index contributed by atoms with van der Waals surface area (Å²) in [7, 11) is 1.41. The number of fused-ring (bicyclic) bond motifs is 5. The van der Waals surface area contributed by atoms with E-state index in [0.717, 1.165) is 30.6 Å². The van der Waals surface area contributed by atoms with Crippen molar-refractivity contribution in [3.8, 4) is 45.8 Å². The minimum atomic E-state index is -1.41. The Bertz CT molecular complexity index is 2430. The van der Waals surface area contributed by atoms with Gasteiger partial charge in [0.05, 0.1) is 23.9 Å². The highest BCUT2D eigenvalue weighted by molar-refractivity contribution is 6.00. The van der Waals surface area contributed by atoms with Crippen LogP contribution in [0.5, 0.6) is 17.2 Å². The van der Waals surface area contributed by atoms with E-state index >= 15 is 0 Å². The number of nitrogens with two attached hydrogens (primary N) is 3. The van der Waals surface area contributed by atoms with Gasteiger partial charge < -0.3 is 57.6 Å². The maximum atomic E-state index is 14.7. The molecule has 3 aromatic carbocycles. The summed E-state index contributed by atoms with van der Waals surface area (Å²) in [6.45, 7) is 6.24. The predicted molar refractivity (Wildman–Crippen MR) is 255 cm³/mol. The van der Waals surface area contributed by atoms with Crippen molar-refractivity contribution < 1.29 is 38.2 Å². The molecular weight excluding hydrogens is 871 g/mol. The van der Waals surface area contributed by atoms with Gasteiger partial charge >= 0.3 is 0 Å². The molecule has 0 saturated carbocycles. The molecule has 0 radical (unpaired) electrons. The molecule has 362 valence electrons. The Morgan fingerprint density at radius 3 is 2.22 bits per heavy atom. The zero-order valence-corrected chi connectivity index (χ0v) is 39.1. The smallest absolute Gasteiger partial charge is 0.255 e. The van der Waals surface area contributed by atoms with E-state index in [4.69, 9.17) is 36.7 Å². The van der Waals surface area contributed by atoms with Crippen LogP contribution in [0.25, 0.3) is 22.5 Å². The van der Waals surface area contributed by atoms with Crippen LogP contribution in [0.1, 0.15) is 79.2 Å². The lowest BCUT2D eigenvalue weighted by Crippen LogP contribution is -2.56. The van der Waals surface area contributed by atoms with Crippen LogP contribution < -0.4 is 52.7 Å². The van der Waals surface area contributed by atoms with Gasteiger partial charge in [-0.05, 0) is 92.9 Å². The molecule has 5 rings (SSSR count). The fourth-order valence-electron chi connectivity index (χ4n) is 7.61. The summed E-state index contributed by atoms with van der Waals surface area (Å²) in [4.78, 5) is 80.5. The second-order valence-electron chi connectivity index (χ2n) is 16.3. The fourth-order valence-corrected chi connectivity index (χ4v) is 7.61. The van der Waals surface area contributed by atoms with Crippen LogP contribution in [0.4, 0.5) is 0 Å². The second-order valence-corrected chi connectivity index (χ2v) is 16.3. The van der Waals surface area contributed by atoms with Gasteiger partial charge in [0.2, 0.25) is 23.6 Å². The van der Waals surface area contributed by atoms with Crippen molar-refractivity contribution >= 4 is 29.5 Å². The van der Waals surface area contributed by atoms with Crippen molar-refractivity contribution in [3.05, 3.63) is 89.2 Å². The summed E-state index contributed by atoms with van der Waals surface area (Å²) < 4.78 is 18.1. The molecule has 19 nitrogen and oxygen atoms in total. The SMILES string of the molecule is CCCCCCOc1ccc(-c2ncc(C(=O)NC(CCN)C(=O)N(C)C3C(=O)NC(C)C(=O)NC(C(=O)NCC#N)Cc4ccc(OCCN)c(c4)-c4cc3ccc4OCCN)c(C)n2)cc1. The average molecular weight is 934 g/mol. The van der Waals surface area contributed by atoms with Crippen LogP contribution in [0.3, 0.4) is 0 Å². The normalized spacial score (nSPS) is 16.2. The molecule has 68 heavy (non-hydrogen) atoms. The van der Waals surface area contributed by atoms with E-state index in [2.05, 4.69) is 38.2 Å². The van der Waals surface area contributed by atoms with Gasteiger partial charge in [-0.2, -0.15) is 5.26 Å². The molecule has 0 spiro atoms. The molecule has 19 heteroatoms. The zero-order chi connectivity index (χ0) is 49.2. The van der Waals surface area contributed by atoms with E-state index in [1.165, 1.54) is 31.5 Å². The Morgan fingerprint density at radius 1 is 0.882 bits per heavy atom. The van der Waals surface area contributed by atoms with Gasteiger partial charge in [-0.15, -0.1) is 0 Å². The number of aryl methyl sites for hydroxylation is 1. The van der Waals surface area contributed by atoms with Crippen molar-refractivity contribution in [2.45, 2.75) is 83.5 Å². The third kappa shape index (κ3) is 13.7. The molecule has 1 aliphatic heterocycles. The fraction of sp³-hybridized carbons (Fsp3) is 0.429. The number of rotatable bonds is 21. The number of nitrogens with one attached hydrogen (secondary N) is 4. The minimum Gasteiger partial charge on any atom is -0.494 e. The second kappa shape index (κ2) is 25.7. The molecule has 0 saturated heterocycles. The number of nitrogens with zero attached hydrogens (tertiary/aromatic N) is 4. The summed E-state index contributed by atoms with van der Waals surface area (Å²) in [5.41, 5.74) is 20.8. The molecule has 4 unspecified atom stereocenters. The maximum Gasteiger partial charge on any atom is 0.255 e. The number of nitriles is 1. The van der Waals surface area contributed by atoms with Crippen LogP contribution in [-0.2, 0) is 25.6 Å². The molecule has 1 aromatic heterocycles. The molecule has 0 fully saturated rings. The van der Waals surface area contributed by atoms with Crippen molar-refractivity contribution in [2.75, 3.05) is 53.0 Å². The topological polar surface area (TPSA) is 292 Å². The largest absolute Gasteiger partial charge is 0.494 e. The highest BCUT2D eigenvalue weighted by Crippen LogP contribution is 2.40. The number of hydrogen-bond donors (Lipinski definition) is 7. The first-order chi connectivity index (χ1) is 32.8. The number of ether oxygens (including phenoxy) is 3. The molecule has 4 bridgehead atoms. The van der Waals surface area contributed by atoms with Crippen molar-refractivity contribution in [3.63, 3.8) is 0 Å². The number of likely N-dealkylation sites (N-methyl/N-ethyl adjacent to an activating group) is 1. The molecule has 2 heterocycles. The van der Waals surface area contributed by atoms with Crippen LogP contribution in [0.2, 0.25) is 0 Å². The van der Waals surface area contributed by atoms with Crippen LogP contribution in [0.15, 0.2) is 66.9 Å². The van der Waals surface area contributed by atoms with Gasteiger partial charge in [0.1, 0.15) is 61.2 Å². The lowest BCUT2D eigenvalue weighted by atomic mass is 9.93. The van der Waals surface area contributed by atoms with E-state index in [1.807, 2.05) is 30.3 Å². The maximum absolute atomic E-state index is 14.7. The minimum absolute atomic E-state index is 0.000587. The number of aromatic nitrogens is 2. The Hall–Kier alpha value is -7.14. The highest BCUT2D eigenvalue weighted by Gasteiger charge is 2.36. The summed E-state index contributed by atoms with van der Waals surface area (Å²) in [5.74, 6) is -1.50. The predicted octanol–water partition coefficient (Wildman–Crippen LogP) is 2.59. The first-order valence-corrected chi connectivity index (χ1v) is 22.9. The summed E-state index contributed by atoms with van der Waals surface area (Å²) in [6, 6.07) is 14.4. The lowest BCUT2D eigenvalue weighted by molar-refractivity contribution is -0.141. The van der Waals surface area contributed by atoms with Crippen LogP contribution >= 0.6 is 0 Å². The van der Waals surface area contributed by atoms with E-state index in [-0.39, 0.29) is 57.8 Å². The van der Waals surface area contributed by atoms with Gasteiger partial charge in [-0.25, -0.2) is 9.97 Å². The molecule has 5 amide bonds. The van der Waals surface area contributed by atoms with Gasteiger partial charge in [-0.1, -0.05) is 38.3 Å². The van der Waals surface area contributed by atoms with Crippen LogP contribution in [-0.4, -0.2) is 116 Å². The monoisotopic (exact) mass is 933 g/mol. The van der Waals surface area contributed by atoms with Gasteiger partial charge in [0.15, 0.2) is 5.82 Å². The van der Waals surface area contributed by atoms with E-state index in [9.17, 15) is 24.0 Å². The molecule has 1 aliphatic rings. The van der Waals surface area contributed by atoms with Gasteiger partial charge in [0, 0.05) is 49.4 Å². The zero-order valence-electron chi connectivity index (χ0n) is 39.1. The third-order valence-corrected chi connectivity index (χ3v) is 11.2. The Labute approximate surface area is 396 Å². The highest BCUT2D eigenvalue weighted by atomic mass is 16.5. The molecule has 4 aromatic rings. The van der Waals surface area contributed by atoms with Crippen LogP contribution in [0, 0.1) is 18.3 Å². The Morgan fingerprint density at radius 2 is 1.57 bits per heavy atom. The Balaban J connectivity index is 1.49. The third-order valence-electron chi connectivity index (χ3n) is 11.2. The quantitative estimate of drug-likeness (QED) is 0.0467. The van der Waals surface area contributed by atoms with E-state index in [0.29, 0.717) is 51.9 Å². The summed E-state index contributed by atoms with van der Waals surface area (Å²) in [6.07, 6.45) is 5.79. The number of benzene rings is 3. The van der Waals surface area contributed by atoms with Crippen molar-refractivity contribution in [1.29, 1.82) is 5.26 Å². The number of carbonyl (C=O) groups excluding carboxylic acids is 5. The molecule has 10 N–H and O–H groups in total. The average Bonchev–Trinajstić information content (AvgIpc) is 3.33.